The summed E-state index contributed by atoms with van der Waals surface area (Å²) >= 11 is 1.36. The Morgan fingerprint density at radius 2 is 1.88 bits per heavy atom. The first-order chi connectivity index (χ1) is 19.6. The fraction of sp³-hybridized carbons (Fsp3) is 0.848. The number of hydrogen-bond donors (Lipinski definition) is 4. The lowest BCUT2D eigenvalue weighted by Crippen LogP contribution is -2.63. The van der Waals surface area contributed by atoms with Crippen molar-refractivity contribution in [2.75, 3.05) is 5.75 Å². The van der Waals surface area contributed by atoms with Gasteiger partial charge in [0, 0.05) is 34.5 Å². The molecule has 0 aromatic carbocycles. The molecular weight excluding hydrogens is 552 g/mol. The summed E-state index contributed by atoms with van der Waals surface area (Å²) < 4.78 is 6.36. The average molecular weight is 607 g/mol. The highest BCUT2D eigenvalue weighted by atomic mass is 32.2. The Bertz CT molecular complexity index is 1050. The van der Waals surface area contributed by atoms with Crippen LogP contribution in [-0.4, -0.2) is 69.3 Å². The number of aliphatic hydroxyl groups is 2. The van der Waals surface area contributed by atoms with E-state index >= 15 is 0 Å². The fourth-order valence-electron chi connectivity index (χ4n) is 8.89. The second-order valence-electron chi connectivity index (χ2n) is 14.8. The first-order valence-electron chi connectivity index (χ1n) is 16.0. The number of ether oxygens (including phenoxy) is 1. The largest absolute Gasteiger partial charge is 0.461 e. The first kappa shape index (κ1) is 33.5. The molecule has 4 fully saturated rings. The van der Waals surface area contributed by atoms with Crippen LogP contribution < -0.4 is 11.1 Å². The van der Waals surface area contributed by atoms with Crippen molar-refractivity contribution in [3.63, 3.8) is 0 Å². The molecule has 4 saturated carbocycles. The topological polar surface area (TPSA) is 139 Å². The highest BCUT2D eigenvalue weighted by Gasteiger charge is 2.68. The summed E-state index contributed by atoms with van der Waals surface area (Å²) in [5.41, 5.74) is 4.47. The molecule has 4 rings (SSSR count). The highest BCUT2D eigenvalue weighted by molar-refractivity contribution is 8.00. The zero-order chi connectivity index (χ0) is 31.2. The van der Waals surface area contributed by atoms with E-state index in [0.29, 0.717) is 32.1 Å². The number of thioether (sulfide) groups is 1. The molecule has 5 N–H and O–H groups in total. The quantitative estimate of drug-likeness (QED) is 0.240. The second kappa shape index (κ2) is 12.5. The molecule has 2 unspecified atom stereocenters. The molecule has 12 atom stereocenters. The number of nitrogens with two attached hydrogens (primary N) is 1. The van der Waals surface area contributed by atoms with Crippen molar-refractivity contribution in [1.82, 2.24) is 5.32 Å². The monoisotopic (exact) mass is 606 g/mol. The zero-order valence-corrected chi connectivity index (χ0v) is 27.3. The van der Waals surface area contributed by atoms with Gasteiger partial charge < -0.3 is 26.0 Å². The van der Waals surface area contributed by atoms with Crippen LogP contribution in [0.4, 0.5) is 0 Å². The van der Waals surface area contributed by atoms with E-state index in [4.69, 9.17) is 10.5 Å². The molecule has 1 amide bonds. The van der Waals surface area contributed by atoms with Crippen molar-refractivity contribution in [3.05, 3.63) is 12.7 Å². The van der Waals surface area contributed by atoms with Crippen LogP contribution in [0.25, 0.3) is 0 Å². The predicted molar refractivity (Wildman–Crippen MR) is 165 cm³/mol. The third-order valence-corrected chi connectivity index (χ3v) is 13.5. The Kier molecular flexibility index (Phi) is 9.98. The van der Waals surface area contributed by atoms with Gasteiger partial charge in [-0.15, -0.1) is 18.3 Å². The van der Waals surface area contributed by atoms with E-state index in [-0.39, 0.29) is 63.8 Å². The molecule has 8 nitrogen and oxygen atoms in total. The molecule has 42 heavy (non-hydrogen) atoms. The average Bonchev–Trinajstić information content (AvgIpc) is 3.31. The molecule has 0 aromatic heterocycles. The SMILES string of the molecule is C=C[C@]1(C)C[C@@H](OC(=O)CS[C@@H]2C[C@@H](NC(=O)[C@H](N)C(C)C)CC[C@@H]2O)[C@]2(C)C(C)CCC3(CCC(=O)[C@H]32)[C@@H](C)[C@@H]1O. The Morgan fingerprint density at radius 3 is 2.52 bits per heavy atom. The maximum atomic E-state index is 13.6. The summed E-state index contributed by atoms with van der Waals surface area (Å²) in [6, 6.07) is -0.691. The molecule has 0 spiro atoms. The number of amides is 1. The maximum absolute atomic E-state index is 13.6. The standard InChI is InChI=1S/C33H54N2O6S/c1-8-31(6)16-25(32(7)19(4)11-13-33(20(5)29(31)39)14-12-23(37)28(32)33)41-26(38)17-42-24-15-21(9-10-22(24)36)35-30(40)27(34)18(2)3/h8,18-22,24-25,27-29,36,39H,1,9-17,34H2,2-7H3,(H,35,40)/t19?,20-,21-,22-,24+,25+,27+,28-,29-,31+,32-,33?/m0/s1. The molecule has 4 aliphatic carbocycles. The van der Waals surface area contributed by atoms with Crippen molar-refractivity contribution in [2.45, 2.75) is 129 Å². The maximum Gasteiger partial charge on any atom is 0.316 e. The molecule has 0 saturated heterocycles. The summed E-state index contributed by atoms with van der Waals surface area (Å²) in [4.78, 5) is 39.6. The van der Waals surface area contributed by atoms with Crippen molar-refractivity contribution < 1.29 is 29.3 Å². The van der Waals surface area contributed by atoms with Crippen LogP contribution >= 0.6 is 11.8 Å². The summed E-state index contributed by atoms with van der Waals surface area (Å²) in [6.45, 7) is 16.3. The van der Waals surface area contributed by atoms with E-state index in [1.807, 2.05) is 20.8 Å². The van der Waals surface area contributed by atoms with Crippen LogP contribution in [0.15, 0.2) is 12.7 Å². The zero-order valence-electron chi connectivity index (χ0n) is 26.4. The van der Waals surface area contributed by atoms with Crippen LogP contribution in [0, 0.1) is 39.9 Å². The fourth-order valence-corrected chi connectivity index (χ4v) is 10.0. The minimum Gasteiger partial charge on any atom is -0.461 e. The number of carbonyl (C=O) groups excluding carboxylic acids is 3. The normalized spacial score (nSPS) is 44.5. The second-order valence-corrected chi connectivity index (χ2v) is 16.0. The van der Waals surface area contributed by atoms with Crippen molar-refractivity contribution >= 4 is 29.4 Å². The van der Waals surface area contributed by atoms with Crippen LogP contribution in [0.2, 0.25) is 0 Å². The molecule has 0 aromatic rings. The van der Waals surface area contributed by atoms with Crippen molar-refractivity contribution in [1.29, 1.82) is 0 Å². The molecule has 0 aliphatic heterocycles. The lowest BCUT2D eigenvalue weighted by atomic mass is 9.44. The molecule has 2 bridgehead atoms. The van der Waals surface area contributed by atoms with E-state index < -0.39 is 35.2 Å². The van der Waals surface area contributed by atoms with Gasteiger partial charge in [0.2, 0.25) is 5.91 Å². The number of nitrogens with one attached hydrogen (secondary N) is 1. The number of ketones is 1. The summed E-state index contributed by atoms with van der Waals surface area (Å²) in [6.07, 6.45) is 5.19. The molecule has 4 aliphatic rings. The van der Waals surface area contributed by atoms with E-state index in [9.17, 15) is 24.6 Å². The molecule has 0 radical (unpaired) electrons. The Balaban J connectivity index is 1.51. The minimum atomic E-state index is -0.703. The third-order valence-electron chi connectivity index (χ3n) is 12.1. The van der Waals surface area contributed by atoms with Gasteiger partial charge in [-0.25, -0.2) is 0 Å². The molecule has 238 valence electrons. The smallest absolute Gasteiger partial charge is 0.316 e. The van der Waals surface area contributed by atoms with Gasteiger partial charge in [0.05, 0.1) is 24.0 Å². The highest BCUT2D eigenvalue weighted by Crippen LogP contribution is 2.68. The number of aliphatic hydroxyl groups excluding tert-OH is 2. The van der Waals surface area contributed by atoms with E-state index in [1.54, 1.807) is 6.08 Å². The van der Waals surface area contributed by atoms with Gasteiger partial charge in [0.25, 0.3) is 0 Å². The molecule has 9 heteroatoms. The lowest BCUT2D eigenvalue weighted by Gasteiger charge is -2.61. The number of esters is 1. The van der Waals surface area contributed by atoms with Gasteiger partial charge in [-0.05, 0) is 68.1 Å². The minimum absolute atomic E-state index is 0.0260. The van der Waals surface area contributed by atoms with Crippen LogP contribution in [0.5, 0.6) is 0 Å². The van der Waals surface area contributed by atoms with Crippen LogP contribution in [0.1, 0.15) is 92.9 Å². The number of Topliss-reactive ketones (excluding diaryl/α,β-unsaturated/α-hetero) is 1. The van der Waals surface area contributed by atoms with Gasteiger partial charge in [-0.1, -0.05) is 47.6 Å². The Morgan fingerprint density at radius 1 is 1.19 bits per heavy atom. The van der Waals surface area contributed by atoms with E-state index in [0.717, 1.165) is 19.3 Å². The predicted octanol–water partition coefficient (Wildman–Crippen LogP) is 4.01. The number of carbonyl (C=O) groups is 3. The van der Waals surface area contributed by atoms with Gasteiger partial charge in [-0.3, -0.25) is 14.4 Å². The van der Waals surface area contributed by atoms with Gasteiger partial charge in [-0.2, -0.15) is 0 Å². The Hall–Kier alpha value is -1.42. The van der Waals surface area contributed by atoms with Gasteiger partial charge in [0.15, 0.2) is 0 Å². The van der Waals surface area contributed by atoms with Crippen LogP contribution in [0.3, 0.4) is 0 Å². The van der Waals surface area contributed by atoms with E-state index in [1.165, 1.54) is 11.8 Å². The lowest BCUT2D eigenvalue weighted by molar-refractivity contribution is -0.205. The van der Waals surface area contributed by atoms with Gasteiger partial charge in [0.1, 0.15) is 11.9 Å². The van der Waals surface area contributed by atoms with Crippen LogP contribution in [-0.2, 0) is 19.1 Å². The number of rotatable bonds is 8. The first-order valence-corrected chi connectivity index (χ1v) is 17.0. The van der Waals surface area contributed by atoms with Crippen molar-refractivity contribution in [3.8, 4) is 0 Å². The molecular formula is C33H54N2O6S. The van der Waals surface area contributed by atoms with Gasteiger partial charge >= 0.3 is 5.97 Å². The third kappa shape index (κ3) is 5.84. The summed E-state index contributed by atoms with van der Waals surface area (Å²) in [7, 11) is 0. The summed E-state index contributed by atoms with van der Waals surface area (Å²) in [5, 5.41) is 25.2. The number of hydrogen-bond acceptors (Lipinski definition) is 8. The summed E-state index contributed by atoms with van der Waals surface area (Å²) in [5.74, 6) is -0.423. The Labute approximate surface area is 256 Å². The van der Waals surface area contributed by atoms with Crippen molar-refractivity contribution in [2.24, 2.45) is 45.7 Å². The molecule has 0 heterocycles. The van der Waals surface area contributed by atoms with E-state index in [2.05, 4.69) is 32.7 Å².